The van der Waals surface area contributed by atoms with Crippen LogP contribution < -0.4 is 4.84 Å². The van der Waals surface area contributed by atoms with E-state index in [1.54, 1.807) is 0 Å². The molecule has 0 N–H and O–H groups in total. The second-order valence-corrected chi connectivity index (χ2v) is 7.28. The van der Waals surface area contributed by atoms with Crippen molar-refractivity contribution in [3.8, 4) is 22.4 Å². The first-order valence-corrected chi connectivity index (χ1v) is 9.73. The van der Waals surface area contributed by atoms with Crippen molar-refractivity contribution in [2.45, 2.75) is 13.5 Å². The summed E-state index contributed by atoms with van der Waals surface area (Å²) in [6.07, 6.45) is 0. The van der Waals surface area contributed by atoms with Gasteiger partial charge in [0.2, 0.25) is 0 Å². The summed E-state index contributed by atoms with van der Waals surface area (Å²) in [7, 11) is 0. The van der Waals surface area contributed by atoms with Gasteiger partial charge in [0, 0.05) is 15.6 Å². The number of nitrogens with zero attached hydrogens (tertiary/aromatic N) is 1. The van der Waals surface area contributed by atoms with Gasteiger partial charge in [0.1, 0.15) is 6.61 Å². The molecule has 3 heteroatoms. The summed E-state index contributed by atoms with van der Waals surface area (Å²) in [5.74, 6) is 0. The SMILES string of the molecule is Cc1c(-c2ccccc2)cc(-c2ccccc2Br)n1OCc1ccccc1. The molecule has 0 fully saturated rings. The van der Waals surface area contributed by atoms with E-state index in [9.17, 15) is 0 Å². The summed E-state index contributed by atoms with van der Waals surface area (Å²) < 4.78 is 3.00. The van der Waals surface area contributed by atoms with E-state index in [0.29, 0.717) is 6.61 Å². The standard InChI is InChI=1S/C24H20BrNO/c1-18-22(20-12-6-3-7-13-20)16-24(21-14-8-9-15-23(21)25)26(18)27-17-19-10-4-2-5-11-19/h2-16H,17H2,1H3. The van der Waals surface area contributed by atoms with Gasteiger partial charge in [-0.3, -0.25) is 0 Å². The van der Waals surface area contributed by atoms with Gasteiger partial charge in [-0.15, -0.1) is 0 Å². The Hall–Kier alpha value is -2.78. The van der Waals surface area contributed by atoms with Crippen molar-refractivity contribution in [1.82, 2.24) is 4.73 Å². The lowest BCUT2D eigenvalue weighted by Crippen LogP contribution is -2.14. The molecule has 3 aromatic carbocycles. The van der Waals surface area contributed by atoms with Crippen molar-refractivity contribution >= 4 is 15.9 Å². The van der Waals surface area contributed by atoms with Gasteiger partial charge in [0.05, 0.1) is 11.4 Å². The zero-order valence-corrected chi connectivity index (χ0v) is 16.7. The Morgan fingerprint density at radius 3 is 2.11 bits per heavy atom. The summed E-state index contributed by atoms with van der Waals surface area (Å²) in [5.41, 5.74) is 6.73. The first-order chi connectivity index (χ1) is 13.2. The summed E-state index contributed by atoms with van der Waals surface area (Å²) in [4.78, 5) is 6.26. The molecule has 134 valence electrons. The summed E-state index contributed by atoms with van der Waals surface area (Å²) in [6.45, 7) is 2.62. The minimum absolute atomic E-state index is 0.516. The molecule has 27 heavy (non-hydrogen) atoms. The lowest BCUT2D eigenvalue weighted by atomic mass is 10.1. The van der Waals surface area contributed by atoms with Crippen molar-refractivity contribution in [3.05, 3.63) is 107 Å². The van der Waals surface area contributed by atoms with Crippen LogP contribution in [-0.2, 0) is 6.61 Å². The lowest BCUT2D eigenvalue weighted by Gasteiger charge is -2.14. The lowest BCUT2D eigenvalue weighted by molar-refractivity contribution is 0.0974. The molecule has 0 aliphatic rings. The first kappa shape index (κ1) is 17.6. The third-order valence-electron chi connectivity index (χ3n) is 4.63. The van der Waals surface area contributed by atoms with Crippen molar-refractivity contribution in [2.24, 2.45) is 0 Å². The molecule has 0 spiro atoms. The van der Waals surface area contributed by atoms with E-state index in [2.05, 4.69) is 77.5 Å². The largest absolute Gasteiger partial charge is 0.409 e. The molecular formula is C24H20BrNO. The zero-order chi connectivity index (χ0) is 18.6. The number of aromatic nitrogens is 1. The van der Waals surface area contributed by atoms with E-state index in [0.717, 1.165) is 27.0 Å². The van der Waals surface area contributed by atoms with Crippen LogP contribution >= 0.6 is 15.9 Å². The fraction of sp³-hybridized carbons (Fsp3) is 0.0833. The minimum atomic E-state index is 0.516. The minimum Gasteiger partial charge on any atom is -0.409 e. The Morgan fingerprint density at radius 1 is 0.778 bits per heavy atom. The van der Waals surface area contributed by atoms with Crippen LogP contribution in [0.25, 0.3) is 22.4 Å². The van der Waals surface area contributed by atoms with Crippen molar-refractivity contribution in [1.29, 1.82) is 0 Å². The number of hydrogen-bond acceptors (Lipinski definition) is 1. The first-order valence-electron chi connectivity index (χ1n) is 8.94. The highest BCUT2D eigenvalue weighted by atomic mass is 79.9. The predicted octanol–water partition coefficient (Wildman–Crippen LogP) is 6.52. The Labute approximate surface area is 168 Å². The van der Waals surface area contributed by atoms with Crippen LogP contribution in [0, 0.1) is 6.92 Å². The second kappa shape index (κ2) is 7.85. The average molecular weight is 418 g/mol. The number of halogens is 1. The van der Waals surface area contributed by atoms with Crippen molar-refractivity contribution < 1.29 is 4.84 Å². The molecule has 0 radical (unpaired) electrons. The monoisotopic (exact) mass is 417 g/mol. The Balaban J connectivity index is 1.80. The molecule has 4 aromatic rings. The molecule has 0 amide bonds. The maximum absolute atomic E-state index is 6.26. The highest BCUT2D eigenvalue weighted by Crippen LogP contribution is 2.35. The quantitative estimate of drug-likeness (QED) is 0.360. The average Bonchev–Trinajstić information content (AvgIpc) is 3.04. The molecular weight excluding hydrogens is 398 g/mol. The zero-order valence-electron chi connectivity index (χ0n) is 15.1. The maximum Gasteiger partial charge on any atom is 0.140 e. The fourth-order valence-corrected chi connectivity index (χ4v) is 3.72. The van der Waals surface area contributed by atoms with Crippen LogP contribution in [0.3, 0.4) is 0 Å². The van der Waals surface area contributed by atoms with E-state index in [1.807, 2.05) is 41.1 Å². The highest BCUT2D eigenvalue weighted by molar-refractivity contribution is 9.10. The predicted molar refractivity (Wildman–Crippen MR) is 114 cm³/mol. The van der Waals surface area contributed by atoms with Crippen LogP contribution in [0.1, 0.15) is 11.3 Å². The molecule has 1 heterocycles. The molecule has 0 aliphatic heterocycles. The molecule has 4 rings (SSSR count). The number of hydrogen-bond donors (Lipinski definition) is 0. The summed E-state index contributed by atoms with van der Waals surface area (Å²) in [6, 6.07) is 31.1. The van der Waals surface area contributed by atoms with Gasteiger partial charge in [0.15, 0.2) is 0 Å². The van der Waals surface area contributed by atoms with Crippen LogP contribution in [0.4, 0.5) is 0 Å². The normalized spacial score (nSPS) is 10.7. The Kier molecular flexibility index (Phi) is 5.12. The van der Waals surface area contributed by atoms with Crippen LogP contribution in [0.2, 0.25) is 0 Å². The van der Waals surface area contributed by atoms with E-state index in [-0.39, 0.29) is 0 Å². The molecule has 0 unspecified atom stereocenters. The molecule has 0 saturated heterocycles. The van der Waals surface area contributed by atoms with E-state index < -0.39 is 0 Å². The number of rotatable bonds is 5. The van der Waals surface area contributed by atoms with Gasteiger partial charge in [-0.1, -0.05) is 94.8 Å². The van der Waals surface area contributed by atoms with E-state index in [4.69, 9.17) is 4.84 Å². The van der Waals surface area contributed by atoms with Crippen LogP contribution in [0.5, 0.6) is 0 Å². The smallest absolute Gasteiger partial charge is 0.140 e. The summed E-state index contributed by atoms with van der Waals surface area (Å²) in [5, 5.41) is 0. The van der Waals surface area contributed by atoms with Crippen LogP contribution in [-0.4, -0.2) is 4.73 Å². The second-order valence-electron chi connectivity index (χ2n) is 6.43. The van der Waals surface area contributed by atoms with Gasteiger partial charge in [0.25, 0.3) is 0 Å². The van der Waals surface area contributed by atoms with E-state index >= 15 is 0 Å². The Bertz CT molecular complexity index is 1040. The molecule has 0 aliphatic carbocycles. The third-order valence-corrected chi connectivity index (χ3v) is 5.32. The third kappa shape index (κ3) is 3.69. The molecule has 0 bridgehead atoms. The Morgan fingerprint density at radius 2 is 1.41 bits per heavy atom. The molecule has 0 saturated carbocycles. The van der Waals surface area contributed by atoms with E-state index in [1.165, 1.54) is 11.1 Å². The van der Waals surface area contributed by atoms with Gasteiger partial charge in [-0.2, -0.15) is 4.73 Å². The topological polar surface area (TPSA) is 14.2 Å². The van der Waals surface area contributed by atoms with Gasteiger partial charge >= 0.3 is 0 Å². The maximum atomic E-state index is 6.26. The van der Waals surface area contributed by atoms with Crippen molar-refractivity contribution in [3.63, 3.8) is 0 Å². The van der Waals surface area contributed by atoms with Gasteiger partial charge in [-0.25, -0.2) is 0 Å². The highest BCUT2D eigenvalue weighted by Gasteiger charge is 2.17. The molecule has 0 atom stereocenters. The van der Waals surface area contributed by atoms with Crippen molar-refractivity contribution in [2.75, 3.05) is 0 Å². The number of benzene rings is 3. The van der Waals surface area contributed by atoms with Crippen LogP contribution in [0.15, 0.2) is 95.5 Å². The van der Waals surface area contributed by atoms with Gasteiger partial charge in [-0.05, 0) is 30.2 Å². The van der Waals surface area contributed by atoms with Gasteiger partial charge < -0.3 is 4.84 Å². The fourth-order valence-electron chi connectivity index (χ4n) is 3.24. The summed E-state index contributed by atoms with van der Waals surface area (Å²) >= 11 is 3.68. The molecule has 2 nitrogen and oxygen atoms in total. The molecule has 1 aromatic heterocycles.